The topological polar surface area (TPSA) is 199 Å². The van der Waals surface area contributed by atoms with E-state index in [1.165, 1.54) is 32.8 Å². The predicted octanol–water partition coefficient (Wildman–Crippen LogP) is 4.07. The third kappa shape index (κ3) is 7.98. The van der Waals surface area contributed by atoms with Crippen LogP contribution in [0.5, 0.6) is 5.75 Å². The summed E-state index contributed by atoms with van der Waals surface area (Å²) in [5.41, 5.74) is 16.2. The van der Waals surface area contributed by atoms with E-state index in [2.05, 4.69) is 37.3 Å². The van der Waals surface area contributed by atoms with E-state index in [9.17, 15) is 4.79 Å². The Morgan fingerprint density at radius 3 is 2.70 bits per heavy atom. The van der Waals surface area contributed by atoms with Crippen LogP contribution in [0.15, 0.2) is 77.1 Å². The van der Waals surface area contributed by atoms with E-state index in [1.54, 1.807) is 36.3 Å². The van der Waals surface area contributed by atoms with Gasteiger partial charge in [-0.2, -0.15) is 10.2 Å². The number of fused-ring (bicyclic) bond motifs is 3. The second-order valence-corrected chi connectivity index (χ2v) is 14.6. The van der Waals surface area contributed by atoms with Crippen molar-refractivity contribution in [3.8, 4) is 17.6 Å². The molecule has 15 nitrogen and oxygen atoms in total. The van der Waals surface area contributed by atoms with Crippen LogP contribution in [0.2, 0.25) is 5.02 Å². The number of thiazole rings is 1. The molecule has 0 fully saturated rings. The van der Waals surface area contributed by atoms with Crippen LogP contribution in [0, 0.1) is 11.8 Å². The van der Waals surface area contributed by atoms with Crippen molar-refractivity contribution in [1.29, 1.82) is 0 Å². The van der Waals surface area contributed by atoms with Gasteiger partial charge in [-0.1, -0.05) is 59.5 Å². The predicted molar refractivity (Wildman–Crippen MR) is 215 cm³/mol. The van der Waals surface area contributed by atoms with Crippen molar-refractivity contribution in [3.63, 3.8) is 0 Å². The van der Waals surface area contributed by atoms with Gasteiger partial charge in [-0.05, 0) is 35.4 Å². The van der Waals surface area contributed by atoms with Crippen LogP contribution in [-0.4, -0.2) is 65.0 Å². The van der Waals surface area contributed by atoms with Gasteiger partial charge in [0.1, 0.15) is 22.0 Å². The van der Waals surface area contributed by atoms with Crippen molar-refractivity contribution < 1.29 is 4.74 Å². The van der Waals surface area contributed by atoms with Gasteiger partial charge in [0.05, 0.1) is 55.2 Å². The zero-order chi connectivity index (χ0) is 37.8. The first kappa shape index (κ1) is 36.7. The molecule has 0 amide bonds. The van der Waals surface area contributed by atoms with Gasteiger partial charge in [-0.15, -0.1) is 11.3 Å². The number of rotatable bonds is 13. The smallest absolute Gasteiger partial charge is 0.291 e. The molecule has 0 bridgehead atoms. The van der Waals surface area contributed by atoms with Gasteiger partial charge < -0.3 is 26.1 Å². The first-order valence-corrected chi connectivity index (χ1v) is 18.9. The number of aryl methyl sites for hydroxylation is 1. The van der Waals surface area contributed by atoms with Gasteiger partial charge >= 0.3 is 0 Å². The Kier molecular flexibility index (Phi) is 11.0. The molecule has 0 spiro atoms. The van der Waals surface area contributed by atoms with Crippen molar-refractivity contribution in [2.45, 2.75) is 24.8 Å². The summed E-state index contributed by atoms with van der Waals surface area (Å²) in [5.74, 6) is 14.7. The summed E-state index contributed by atoms with van der Waals surface area (Å²) in [4.78, 5) is 27.6. The quantitative estimate of drug-likeness (QED) is 0.0430. The molecule has 0 aliphatic rings. The van der Waals surface area contributed by atoms with Gasteiger partial charge in [0.2, 0.25) is 0 Å². The molecule has 0 saturated carbocycles. The average Bonchev–Trinajstić information content (AvgIpc) is 3.87. The second kappa shape index (κ2) is 16.2. The number of thioether (sulfide) groups is 1. The Morgan fingerprint density at radius 2 is 1.91 bits per heavy atom. The monoisotopic (exact) mass is 781 g/mol. The highest BCUT2D eigenvalue weighted by molar-refractivity contribution is 7.99. The Bertz CT molecular complexity index is 2570. The molecule has 7 N–H and O–H groups in total. The third-order valence-corrected chi connectivity index (χ3v) is 10.4. The van der Waals surface area contributed by atoms with Crippen LogP contribution in [0.25, 0.3) is 21.3 Å². The fourth-order valence-corrected chi connectivity index (χ4v) is 7.56. The number of hydrogen-bond donors (Lipinski definition) is 4. The normalized spacial score (nSPS) is 11.2. The lowest BCUT2D eigenvalue weighted by molar-refractivity contribution is 0.414. The van der Waals surface area contributed by atoms with E-state index in [-0.39, 0.29) is 5.56 Å². The van der Waals surface area contributed by atoms with Crippen molar-refractivity contribution in [1.82, 2.24) is 39.1 Å². The third-order valence-electron chi connectivity index (χ3n) is 8.35. The molecule has 5 aromatic heterocycles. The molecule has 0 unspecified atom stereocenters. The molecule has 0 aliphatic carbocycles. The van der Waals surface area contributed by atoms with Crippen LogP contribution in [0.4, 0.5) is 17.3 Å². The number of nitrogens with zero attached hydrogens (tertiary/aromatic N) is 9. The number of anilines is 3. The molecular formula is C36H36ClN13O2S2. The molecule has 0 aliphatic heterocycles. The largest absolute Gasteiger partial charge is 0.497 e. The summed E-state index contributed by atoms with van der Waals surface area (Å²) >= 11 is 8.91. The molecule has 18 heteroatoms. The van der Waals surface area contributed by atoms with Gasteiger partial charge in [0.15, 0.2) is 22.4 Å². The summed E-state index contributed by atoms with van der Waals surface area (Å²) in [6.45, 7) is 2.02. The minimum atomic E-state index is -0.180. The van der Waals surface area contributed by atoms with Crippen molar-refractivity contribution in [2.24, 2.45) is 18.6 Å². The minimum absolute atomic E-state index is 0.180. The van der Waals surface area contributed by atoms with Crippen LogP contribution >= 0.6 is 34.7 Å². The first-order valence-electron chi connectivity index (χ1n) is 16.7. The van der Waals surface area contributed by atoms with E-state index in [1.807, 2.05) is 54.2 Å². The molecule has 0 radical (unpaired) electrons. The van der Waals surface area contributed by atoms with E-state index >= 15 is 0 Å². The highest BCUT2D eigenvalue weighted by Crippen LogP contribution is 2.32. The number of hydrogen-bond acceptors (Lipinski definition) is 14. The summed E-state index contributed by atoms with van der Waals surface area (Å²) in [6.07, 6.45) is 5.32. The van der Waals surface area contributed by atoms with E-state index in [0.717, 1.165) is 43.2 Å². The number of nitrogen functional groups attached to an aromatic ring is 1. The average molecular weight is 782 g/mol. The van der Waals surface area contributed by atoms with Crippen LogP contribution < -0.4 is 37.9 Å². The SMILES string of the molecule is COc1cccc(Cn2ncc3c4sc(Cn5cc(C#CCSc6nc(NCCN)c(N)c(N(N)Cc7ccc(Cl)cc7)n6)cn5)nc4n(C)c3c2=O)c1. The summed E-state index contributed by atoms with van der Waals surface area (Å²) in [6, 6.07) is 15.0. The zero-order valence-electron chi connectivity index (χ0n) is 29.4. The summed E-state index contributed by atoms with van der Waals surface area (Å²) in [7, 11) is 3.47. The van der Waals surface area contributed by atoms with Gasteiger partial charge in [-0.3, -0.25) is 14.5 Å². The summed E-state index contributed by atoms with van der Waals surface area (Å²) in [5, 5.41) is 16.3. The van der Waals surface area contributed by atoms with E-state index in [0.29, 0.717) is 71.5 Å². The number of aromatic nitrogens is 8. The lowest BCUT2D eigenvalue weighted by Gasteiger charge is -2.21. The van der Waals surface area contributed by atoms with Crippen molar-refractivity contribution in [3.05, 3.63) is 104 Å². The Balaban J connectivity index is 1.02. The number of benzene rings is 2. The number of halogens is 1. The first-order chi connectivity index (χ1) is 26.2. The van der Waals surface area contributed by atoms with Crippen LogP contribution in [0.1, 0.15) is 21.7 Å². The standard InChI is InChI=1S/C36H36ClN13O2S2/c1-47-30-27(17-43-50(35(30)51)20-23-5-3-7-26(15-23)52-2)31-34(47)44-28(54-31)21-48-18-24(16-42-48)6-4-14-53-36-45-32(41-13-12-38)29(39)33(46-36)49(40)19-22-8-10-25(37)11-9-22/h3,5,7-11,15-18H,12-14,19-21,38-40H2,1-2H3,(H,41,45,46). The second-order valence-electron chi connectivity index (χ2n) is 12.1. The lowest BCUT2D eigenvalue weighted by Crippen LogP contribution is -2.32. The highest BCUT2D eigenvalue weighted by Gasteiger charge is 2.19. The van der Waals surface area contributed by atoms with E-state index < -0.39 is 0 Å². The van der Waals surface area contributed by atoms with Crippen molar-refractivity contribution in [2.75, 3.05) is 42.0 Å². The Hall–Kier alpha value is -5.64. The molecule has 0 atom stereocenters. The van der Waals surface area contributed by atoms with Crippen molar-refractivity contribution >= 4 is 73.3 Å². The minimum Gasteiger partial charge on any atom is -0.497 e. The molecule has 54 heavy (non-hydrogen) atoms. The fourth-order valence-electron chi connectivity index (χ4n) is 5.76. The maximum Gasteiger partial charge on any atom is 0.291 e. The molecule has 2 aromatic carbocycles. The van der Waals surface area contributed by atoms with Gasteiger partial charge in [0, 0.05) is 36.7 Å². The molecule has 7 rings (SSSR count). The molecule has 0 saturated heterocycles. The molecule has 276 valence electrons. The van der Waals surface area contributed by atoms with Gasteiger partial charge in [0.25, 0.3) is 5.56 Å². The number of ether oxygens (including phenoxy) is 1. The Labute approximate surface area is 323 Å². The maximum atomic E-state index is 13.5. The number of methoxy groups -OCH3 is 1. The fraction of sp³-hybridized carbons (Fsp3) is 0.222. The number of nitrogens with two attached hydrogens (primary N) is 3. The Morgan fingerprint density at radius 1 is 1.07 bits per heavy atom. The summed E-state index contributed by atoms with van der Waals surface area (Å²) < 4.78 is 11.3. The molecule has 5 heterocycles. The maximum absolute atomic E-state index is 13.5. The molecular weight excluding hydrogens is 746 g/mol. The zero-order valence-corrected chi connectivity index (χ0v) is 31.8. The number of nitrogens with one attached hydrogen (secondary N) is 1. The van der Waals surface area contributed by atoms with Crippen LogP contribution in [0.3, 0.4) is 0 Å². The van der Waals surface area contributed by atoms with Crippen LogP contribution in [-0.2, 0) is 26.7 Å². The number of hydrazine groups is 1. The lowest BCUT2D eigenvalue weighted by atomic mass is 10.2. The van der Waals surface area contributed by atoms with E-state index in [4.69, 9.17) is 38.6 Å². The van der Waals surface area contributed by atoms with Gasteiger partial charge in [-0.25, -0.2) is 25.5 Å². The molecule has 7 aromatic rings. The highest BCUT2D eigenvalue weighted by atomic mass is 35.5.